The molecule has 1 heterocycles. The maximum atomic E-state index is 11.2. The molecule has 0 unspecified atom stereocenters. The Morgan fingerprint density at radius 2 is 2.29 bits per heavy atom. The zero-order chi connectivity index (χ0) is 10.6. The Morgan fingerprint density at radius 1 is 1.57 bits per heavy atom. The zero-order valence-corrected chi connectivity index (χ0v) is 9.19. The van der Waals surface area contributed by atoms with E-state index in [1.807, 2.05) is 6.92 Å². The van der Waals surface area contributed by atoms with Crippen molar-refractivity contribution in [2.45, 2.75) is 13.3 Å². The van der Waals surface area contributed by atoms with E-state index < -0.39 is 0 Å². The first-order valence-electron chi connectivity index (χ1n) is 4.11. The number of nitrogens with one attached hydrogen (secondary N) is 1. The highest BCUT2D eigenvalue weighted by molar-refractivity contribution is 6.31. The van der Waals surface area contributed by atoms with E-state index in [0.29, 0.717) is 16.6 Å². The summed E-state index contributed by atoms with van der Waals surface area (Å²) < 4.78 is 0. The second-order valence-corrected chi connectivity index (χ2v) is 3.57. The lowest BCUT2D eigenvalue weighted by Crippen LogP contribution is -2.12. The van der Waals surface area contributed by atoms with Crippen molar-refractivity contribution in [2.24, 2.45) is 0 Å². The van der Waals surface area contributed by atoms with E-state index in [1.165, 1.54) is 6.20 Å². The van der Waals surface area contributed by atoms with E-state index in [-0.39, 0.29) is 12.3 Å². The molecule has 0 aliphatic carbocycles. The number of anilines is 1. The second-order valence-electron chi connectivity index (χ2n) is 2.78. The summed E-state index contributed by atoms with van der Waals surface area (Å²) in [6.07, 6.45) is 3.38. The summed E-state index contributed by atoms with van der Waals surface area (Å²) in [7, 11) is 0. The van der Waals surface area contributed by atoms with Crippen LogP contribution >= 0.6 is 23.2 Å². The molecule has 14 heavy (non-hydrogen) atoms. The van der Waals surface area contributed by atoms with Crippen LogP contribution < -0.4 is 5.32 Å². The normalized spacial score (nSPS) is 9.93. The van der Waals surface area contributed by atoms with Gasteiger partial charge in [-0.15, -0.1) is 11.6 Å². The predicted molar refractivity (Wildman–Crippen MR) is 58.0 cm³/mol. The Morgan fingerprint density at radius 3 is 2.93 bits per heavy atom. The quantitative estimate of drug-likeness (QED) is 0.815. The highest BCUT2D eigenvalue weighted by Crippen LogP contribution is 2.21. The highest BCUT2D eigenvalue weighted by atomic mass is 35.5. The molecule has 3 nitrogen and oxygen atoms in total. The van der Waals surface area contributed by atoms with Crippen LogP contribution in [0.1, 0.15) is 12.0 Å². The molecular formula is C9H10Cl2N2O. The predicted octanol–water partition coefficient (Wildman–Crippen LogP) is 2.61. The average Bonchev–Trinajstić information content (AvgIpc) is 2.13. The minimum absolute atomic E-state index is 0.132. The van der Waals surface area contributed by atoms with Crippen molar-refractivity contribution in [3.8, 4) is 0 Å². The van der Waals surface area contributed by atoms with Gasteiger partial charge in [-0.05, 0) is 12.5 Å². The van der Waals surface area contributed by atoms with Crippen LogP contribution in [0.25, 0.3) is 0 Å². The minimum atomic E-state index is -0.132. The number of hydrogen-bond donors (Lipinski definition) is 1. The summed E-state index contributed by atoms with van der Waals surface area (Å²) in [5.41, 5.74) is 1.44. The van der Waals surface area contributed by atoms with Gasteiger partial charge in [0.05, 0.1) is 16.9 Å². The Bertz CT molecular complexity index is 342. The number of hydrogen-bond acceptors (Lipinski definition) is 2. The first kappa shape index (κ1) is 11.3. The third-order valence-corrected chi connectivity index (χ3v) is 2.32. The van der Waals surface area contributed by atoms with Crippen LogP contribution in [0.3, 0.4) is 0 Å². The first-order chi connectivity index (χ1) is 6.65. The SMILES string of the molecule is Cc1c(Cl)cncc1NC(=O)CCCl. The van der Waals surface area contributed by atoms with Gasteiger partial charge in [0.2, 0.25) is 5.91 Å². The van der Waals surface area contributed by atoms with Gasteiger partial charge in [0, 0.05) is 18.5 Å². The smallest absolute Gasteiger partial charge is 0.225 e. The van der Waals surface area contributed by atoms with Gasteiger partial charge in [-0.3, -0.25) is 9.78 Å². The Kier molecular flexibility index (Phi) is 4.17. The summed E-state index contributed by atoms with van der Waals surface area (Å²) in [5.74, 6) is 0.172. The lowest BCUT2D eigenvalue weighted by atomic mass is 10.2. The summed E-state index contributed by atoms with van der Waals surface area (Å²) in [5, 5.41) is 3.22. The van der Waals surface area contributed by atoms with Gasteiger partial charge in [-0.1, -0.05) is 11.6 Å². The number of aromatic nitrogens is 1. The molecule has 0 bridgehead atoms. The molecule has 0 saturated heterocycles. The van der Waals surface area contributed by atoms with E-state index in [4.69, 9.17) is 23.2 Å². The van der Waals surface area contributed by atoms with E-state index >= 15 is 0 Å². The molecule has 0 fully saturated rings. The van der Waals surface area contributed by atoms with Crippen LogP contribution in [-0.4, -0.2) is 16.8 Å². The lowest BCUT2D eigenvalue weighted by Gasteiger charge is -2.07. The molecule has 1 rings (SSSR count). The summed E-state index contributed by atoms with van der Waals surface area (Å²) in [6.45, 7) is 1.82. The van der Waals surface area contributed by atoms with Crippen LogP contribution in [0.5, 0.6) is 0 Å². The first-order valence-corrected chi connectivity index (χ1v) is 5.02. The van der Waals surface area contributed by atoms with Crippen molar-refractivity contribution in [2.75, 3.05) is 11.2 Å². The lowest BCUT2D eigenvalue weighted by molar-refractivity contribution is -0.115. The third-order valence-electron chi connectivity index (χ3n) is 1.75. The number of nitrogens with zero attached hydrogens (tertiary/aromatic N) is 1. The molecule has 5 heteroatoms. The van der Waals surface area contributed by atoms with Crippen molar-refractivity contribution in [3.05, 3.63) is 23.0 Å². The molecule has 1 N–H and O–H groups in total. The maximum absolute atomic E-state index is 11.2. The van der Waals surface area contributed by atoms with Crippen molar-refractivity contribution >= 4 is 34.8 Å². The van der Waals surface area contributed by atoms with Gasteiger partial charge >= 0.3 is 0 Å². The molecule has 0 aliphatic rings. The van der Waals surface area contributed by atoms with Crippen molar-refractivity contribution in [3.63, 3.8) is 0 Å². The molecule has 0 saturated carbocycles. The van der Waals surface area contributed by atoms with E-state index in [0.717, 1.165) is 5.56 Å². The molecule has 0 spiro atoms. The highest BCUT2D eigenvalue weighted by Gasteiger charge is 2.06. The number of carbonyl (C=O) groups excluding carboxylic acids is 1. The third kappa shape index (κ3) is 2.86. The average molecular weight is 233 g/mol. The number of amides is 1. The van der Waals surface area contributed by atoms with Gasteiger partial charge in [0.15, 0.2) is 0 Å². The number of halogens is 2. The van der Waals surface area contributed by atoms with Gasteiger partial charge in [0.1, 0.15) is 0 Å². The molecule has 1 aromatic rings. The molecule has 1 amide bonds. The van der Waals surface area contributed by atoms with Crippen LogP contribution in [0, 0.1) is 6.92 Å². The van der Waals surface area contributed by atoms with Gasteiger partial charge in [0.25, 0.3) is 0 Å². The summed E-state index contributed by atoms with van der Waals surface area (Å²) in [6, 6.07) is 0. The maximum Gasteiger partial charge on any atom is 0.225 e. The number of pyridine rings is 1. The van der Waals surface area contributed by atoms with E-state index in [2.05, 4.69) is 10.3 Å². The van der Waals surface area contributed by atoms with Crippen LogP contribution in [0.4, 0.5) is 5.69 Å². The molecular weight excluding hydrogens is 223 g/mol. The second kappa shape index (κ2) is 5.17. The van der Waals surface area contributed by atoms with Gasteiger partial charge < -0.3 is 5.32 Å². The molecule has 0 radical (unpaired) electrons. The summed E-state index contributed by atoms with van der Waals surface area (Å²) >= 11 is 11.3. The van der Waals surface area contributed by atoms with E-state index in [1.54, 1.807) is 6.20 Å². The number of rotatable bonds is 3. The Balaban J connectivity index is 2.76. The fraction of sp³-hybridized carbons (Fsp3) is 0.333. The molecule has 0 aromatic carbocycles. The Labute approximate surface area is 92.4 Å². The monoisotopic (exact) mass is 232 g/mol. The number of alkyl halides is 1. The fourth-order valence-corrected chi connectivity index (χ4v) is 1.25. The van der Waals surface area contributed by atoms with E-state index in [9.17, 15) is 4.79 Å². The zero-order valence-electron chi connectivity index (χ0n) is 7.68. The van der Waals surface area contributed by atoms with Crippen molar-refractivity contribution in [1.82, 2.24) is 4.98 Å². The largest absolute Gasteiger partial charge is 0.324 e. The van der Waals surface area contributed by atoms with Crippen LogP contribution in [0.2, 0.25) is 5.02 Å². The molecule has 76 valence electrons. The minimum Gasteiger partial charge on any atom is -0.324 e. The molecule has 0 aliphatic heterocycles. The topological polar surface area (TPSA) is 42.0 Å². The molecule has 1 aromatic heterocycles. The van der Waals surface area contributed by atoms with Gasteiger partial charge in [-0.25, -0.2) is 0 Å². The van der Waals surface area contributed by atoms with Gasteiger partial charge in [-0.2, -0.15) is 0 Å². The number of carbonyl (C=O) groups is 1. The van der Waals surface area contributed by atoms with Crippen molar-refractivity contribution < 1.29 is 4.79 Å². The molecule has 0 atom stereocenters. The van der Waals surface area contributed by atoms with Crippen molar-refractivity contribution in [1.29, 1.82) is 0 Å². The van der Waals surface area contributed by atoms with Crippen LogP contribution in [-0.2, 0) is 4.79 Å². The Hall–Kier alpha value is -0.800. The fourth-order valence-electron chi connectivity index (χ4n) is 0.924. The summed E-state index contributed by atoms with van der Waals surface area (Å²) in [4.78, 5) is 15.1. The van der Waals surface area contributed by atoms with Crippen LogP contribution in [0.15, 0.2) is 12.4 Å². The standard InChI is InChI=1S/C9H10Cl2N2O/c1-6-7(11)4-12-5-8(6)13-9(14)2-3-10/h4-5H,2-3H2,1H3,(H,13,14).